The maximum atomic E-state index is 11.3. The Balaban J connectivity index is 1.99. The number of hydrogen-bond acceptors (Lipinski definition) is 4. The SMILES string of the molecule is NC(=O)[C@H]1CCCN1c1ccc2[nH]ncc2n1. The minimum absolute atomic E-state index is 0.230. The fraction of sp³-hybridized carbons (Fsp3) is 0.364. The molecule has 3 rings (SSSR count). The van der Waals surface area contributed by atoms with Crippen LogP contribution in [0.2, 0.25) is 0 Å². The van der Waals surface area contributed by atoms with Crippen molar-refractivity contribution in [3.8, 4) is 0 Å². The van der Waals surface area contributed by atoms with Gasteiger partial charge in [0.1, 0.15) is 17.4 Å². The summed E-state index contributed by atoms with van der Waals surface area (Å²) in [6.45, 7) is 0.823. The Morgan fingerprint density at radius 3 is 3.24 bits per heavy atom. The number of carbonyl (C=O) groups is 1. The number of aromatic nitrogens is 3. The van der Waals surface area contributed by atoms with Crippen LogP contribution in [0.25, 0.3) is 11.0 Å². The fourth-order valence-corrected chi connectivity index (χ4v) is 2.32. The zero-order valence-corrected chi connectivity index (χ0v) is 9.26. The van der Waals surface area contributed by atoms with Crippen molar-refractivity contribution in [2.45, 2.75) is 18.9 Å². The number of primary amides is 1. The zero-order valence-electron chi connectivity index (χ0n) is 9.26. The number of rotatable bonds is 2. The molecule has 0 radical (unpaired) electrons. The van der Waals surface area contributed by atoms with Gasteiger partial charge in [-0.2, -0.15) is 5.10 Å². The van der Waals surface area contributed by atoms with Crippen LogP contribution in [0.15, 0.2) is 18.3 Å². The highest BCUT2D eigenvalue weighted by Crippen LogP contribution is 2.25. The van der Waals surface area contributed by atoms with Gasteiger partial charge in [0.2, 0.25) is 5.91 Å². The van der Waals surface area contributed by atoms with Crippen LogP contribution < -0.4 is 10.6 Å². The summed E-state index contributed by atoms with van der Waals surface area (Å²) < 4.78 is 0. The fourth-order valence-electron chi connectivity index (χ4n) is 2.32. The molecule has 1 fully saturated rings. The van der Waals surface area contributed by atoms with E-state index >= 15 is 0 Å². The third-order valence-electron chi connectivity index (χ3n) is 3.16. The second kappa shape index (κ2) is 3.73. The molecule has 0 aromatic carbocycles. The van der Waals surface area contributed by atoms with E-state index in [4.69, 9.17) is 5.73 Å². The highest BCUT2D eigenvalue weighted by atomic mass is 16.1. The number of amides is 1. The first-order valence-electron chi connectivity index (χ1n) is 5.62. The molecule has 2 aromatic rings. The molecule has 0 aliphatic carbocycles. The topological polar surface area (TPSA) is 87.9 Å². The highest BCUT2D eigenvalue weighted by molar-refractivity contribution is 5.84. The lowest BCUT2D eigenvalue weighted by Gasteiger charge is -2.22. The van der Waals surface area contributed by atoms with Gasteiger partial charge in [-0.05, 0) is 25.0 Å². The van der Waals surface area contributed by atoms with Crippen LogP contribution >= 0.6 is 0 Å². The number of H-pyrrole nitrogens is 1. The van der Waals surface area contributed by atoms with E-state index in [-0.39, 0.29) is 11.9 Å². The average molecular weight is 231 g/mol. The molecule has 6 nitrogen and oxygen atoms in total. The van der Waals surface area contributed by atoms with Crippen molar-refractivity contribution in [2.75, 3.05) is 11.4 Å². The molecule has 1 atom stereocenters. The lowest BCUT2D eigenvalue weighted by molar-refractivity contribution is -0.119. The number of anilines is 1. The molecule has 1 amide bonds. The monoisotopic (exact) mass is 231 g/mol. The average Bonchev–Trinajstić information content (AvgIpc) is 2.96. The molecular formula is C11H13N5O. The molecular weight excluding hydrogens is 218 g/mol. The van der Waals surface area contributed by atoms with Crippen LogP contribution in [-0.4, -0.2) is 33.7 Å². The molecule has 1 aliphatic rings. The standard InChI is InChI=1S/C11H13N5O/c12-11(17)9-2-1-5-16(9)10-4-3-7-8(14-10)6-13-15-7/h3-4,6,9H,1-2,5H2,(H2,12,17)(H,13,15)/t9-/m1/s1. The van der Waals surface area contributed by atoms with Gasteiger partial charge in [0.15, 0.2) is 0 Å². The van der Waals surface area contributed by atoms with Crippen molar-refractivity contribution in [3.63, 3.8) is 0 Å². The van der Waals surface area contributed by atoms with Gasteiger partial charge in [0, 0.05) is 6.54 Å². The summed E-state index contributed by atoms with van der Waals surface area (Å²) in [4.78, 5) is 17.8. The van der Waals surface area contributed by atoms with E-state index in [1.165, 1.54) is 0 Å². The van der Waals surface area contributed by atoms with Crippen molar-refractivity contribution in [2.24, 2.45) is 5.73 Å². The smallest absolute Gasteiger partial charge is 0.240 e. The third kappa shape index (κ3) is 1.61. The molecule has 3 N–H and O–H groups in total. The molecule has 2 aromatic heterocycles. The van der Waals surface area contributed by atoms with Crippen molar-refractivity contribution in [1.29, 1.82) is 0 Å². The van der Waals surface area contributed by atoms with Gasteiger partial charge >= 0.3 is 0 Å². The van der Waals surface area contributed by atoms with Gasteiger partial charge in [0.05, 0.1) is 11.7 Å². The van der Waals surface area contributed by atoms with Crippen molar-refractivity contribution < 1.29 is 4.79 Å². The van der Waals surface area contributed by atoms with Crippen LogP contribution in [0.5, 0.6) is 0 Å². The minimum atomic E-state index is -0.281. The Kier molecular flexibility index (Phi) is 2.21. The number of fused-ring (bicyclic) bond motifs is 1. The van der Waals surface area contributed by atoms with Gasteiger partial charge in [-0.25, -0.2) is 4.98 Å². The normalized spacial score (nSPS) is 20.0. The molecule has 1 aliphatic heterocycles. The molecule has 6 heteroatoms. The summed E-state index contributed by atoms with van der Waals surface area (Å²) in [5.41, 5.74) is 7.09. The maximum Gasteiger partial charge on any atom is 0.240 e. The number of carbonyl (C=O) groups excluding carboxylic acids is 1. The first-order chi connectivity index (χ1) is 8.25. The minimum Gasteiger partial charge on any atom is -0.368 e. The van der Waals surface area contributed by atoms with Crippen LogP contribution in [0.3, 0.4) is 0 Å². The van der Waals surface area contributed by atoms with Crippen LogP contribution in [-0.2, 0) is 4.79 Å². The predicted octanol–water partition coefficient (Wildman–Crippen LogP) is 0.412. The number of nitrogens with zero attached hydrogens (tertiary/aromatic N) is 3. The summed E-state index contributed by atoms with van der Waals surface area (Å²) in [6.07, 6.45) is 3.45. The van der Waals surface area contributed by atoms with E-state index in [0.717, 1.165) is 36.2 Å². The summed E-state index contributed by atoms with van der Waals surface area (Å²) >= 11 is 0. The Hall–Kier alpha value is -2.11. The van der Waals surface area contributed by atoms with E-state index in [1.807, 2.05) is 17.0 Å². The molecule has 17 heavy (non-hydrogen) atoms. The largest absolute Gasteiger partial charge is 0.368 e. The third-order valence-corrected chi connectivity index (χ3v) is 3.16. The molecule has 1 saturated heterocycles. The molecule has 0 bridgehead atoms. The second-order valence-corrected chi connectivity index (χ2v) is 4.23. The van der Waals surface area contributed by atoms with E-state index < -0.39 is 0 Å². The Morgan fingerprint density at radius 1 is 1.53 bits per heavy atom. The van der Waals surface area contributed by atoms with E-state index in [2.05, 4.69) is 15.2 Å². The van der Waals surface area contributed by atoms with Crippen molar-refractivity contribution >= 4 is 22.8 Å². The van der Waals surface area contributed by atoms with E-state index in [0.29, 0.717) is 0 Å². The summed E-state index contributed by atoms with van der Waals surface area (Å²) in [6, 6.07) is 3.58. The molecule has 3 heterocycles. The quantitative estimate of drug-likeness (QED) is 0.783. The van der Waals surface area contributed by atoms with Gasteiger partial charge in [-0.15, -0.1) is 0 Å². The lowest BCUT2D eigenvalue weighted by Crippen LogP contribution is -2.40. The zero-order chi connectivity index (χ0) is 11.8. The Morgan fingerprint density at radius 2 is 2.41 bits per heavy atom. The van der Waals surface area contributed by atoms with Crippen LogP contribution in [0, 0.1) is 0 Å². The van der Waals surface area contributed by atoms with Crippen molar-refractivity contribution in [1.82, 2.24) is 15.2 Å². The van der Waals surface area contributed by atoms with Crippen LogP contribution in [0.1, 0.15) is 12.8 Å². The first kappa shape index (κ1) is 10.1. The summed E-state index contributed by atoms with van der Waals surface area (Å²) in [7, 11) is 0. The molecule has 0 spiro atoms. The maximum absolute atomic E-state index is 11.3. The molecule has 0 unspecified atom stereocenters. The van der Waals surface area contributed by atoms with Gasteiger partial charge in [-0.1, -0.05) is 0 Å². The lowest BCUT2D eigenvalue weighted by atomic mass is 10.2. The number of pyridine rings is 1. The summed E-state index contributed by atoms with van der Waals surface area (Å²) in [5.74, 6) is 0.511. The van der Waals surface area contributed by atoms with Crippen LogP contribution in [0.4, 0.5) is 5.82 Å². The molecule has 88 valence electrons. The van der Waals surface area contributed by atoms with E-state index in [1.54, 1.807) is 6.20 Å². The predicted molar refractivity (Wildman–Crippen MR) is 63.5 cm³/mol. The van der Waals surface area contributed by atoms with Crippen molar-refractivity contribution in [3.05, 3.63) is 18.3 Å². The second-order valence-electron chi connectivity index (χ2n) is 4.23. The summed E-state index contributed by atoms with van der Waals surface area (Å²) in [5, 5.41) is 6.77. The van der Waals surface area contributed by atoms with E-state index in [9.17, 15) is 4.79 Å². The van der Waals surface area contributed by atoms with Gasteiger partial charge in [-0.3, -0.25) is 9.89 Å². The number of aromatic amines is 1. The number of nitrogens with two attached hydrogens (primary N) is 1. The van der Waals surface area contributed by atoms with Gasteiger partial charge < -0.3 is 10.6 Å². The molecule has 0 saturated carbocycles. The highest BCUT2D eigenvalue weighted by Gasteiger charge is 2.29. The van der Waals surface area contributed by atoms with Gasteiger partial charge in [0.25, 0.3) is 0 Å². The first-order valence-corrected chi connectivity index (χ1v) is 5.62. The Labute approximate surface area is 97.8 Å². The Bertz CT molecular complexity index is 564. The number of nitrogens with one attached hydrogen (secondary N) is 1. The number of hydrogen-bond donors (Lipinski definition) is 2.